The van der Waals surface area contributed by atoms with Gasteiger partial charge in [0.2, 0.25) is 0 Å². The van der Waals surface area contributed by atoms with Gasteiger partial charge in [-0.15, -0.1) is 0 Å². The number of carbonyl (C=O) groups excluding carboxylic acids is 2. The maximum atomic E-state index is 13.0. The Hall–Kier alpha value is -3.42. The minimum Gasteiger partial charge on any atom is -0.507 e. The SMILES string of the molecule is Cc1cc(O)c(C(=O)c2cc(C(=O)c3cc(Cl)c(C)cc3O)cc([N+](=O)[O-])c2)cc1Cl. The Kier molecular flexibility index (Phi) is 6.01. The number of nitrogens with zero attached hydrogens (tertiary/aromatic N) is 1. The van der Waals surface area contributed by atoms with Crippen molar-refractivity contribution in [3.8, 4) is 11.5 Å². The van der Waals surface area contributed by atoms with Crippen molar-refractivity contribution in [3.05, 3.63) is 96.0 Å². The van der Waals surface area contributed by atoms with E-state index in [1.165, 1.54) is 24.3 Å². The zero-order valence-corrected chi connectivity index (χ0v) is 17.8. The molecule has 0 aliphatic heterocycles. The molecule has 3 aromatic rings. The van der Waals surface area contributed by atoms with E-state index in [0.29, 0.717) is 11.1 Å². The summed E-state index contributed by atoms with van der Waals surface area (Å²) in [4.78, 5) is 36.6. The molecular weight excluding hydrogens is 445 g/mol. The average Bonchev–Trinajstić information content (AvgIpc) is 2.72. The summed E-state index contributed by atoms with van der Waals surface area (Å²) >= 11 is 12.1. The van der Waals surface area contributed by atoms with Crippen molar-refractivity contribution < 1.29 is 24.7 Å². The third-order valence-corrected chi connectivity index (χ3v) is 5.51. The highest BCUT2D eigenvalue weighted by Gasteiger charge is 2.23. The molecule has 0 spiro atoms. The zero-order valence-electron chi connectivity index (χ0n) is 16.3. The Morgan fingerprint density at radius 2 is 1.16 bits per heavy atom. The van der Waals surface area contributed by atoms with Crippen molar-refractivity contribution >= 4 is 40.5 Å². The van der Waals surface area contributed by atoms with Gasteiger partial charge in [0.15, 0.2) is 11.6 Å². The van der Waals surface area contributed by atoms with E-state index < -0.39 is 22.2 Å². The standard InChI is InChI=1S/C22H15Cl2NO6/c1-10-3-19(26)15(8-17(10)23)21(28)12-5-13(7-14(6-12)25(30)31)22(29)16-9-18(24)11(2)4-20(16)27/h3-9,26-27H,1-2H3. The number of aromatic hydroxyl groups is 2. The molecule has 0 radical (unpaired) electrons. The van der Waals surface area contributed by atoms with Gasteiger partial charge in [-0.3, -0.25) is 19.7 Å². The van der Waals surface area contributed by atoms with E-state index in [9.17, 15) is 29.9 Å². The Morgan fingerprint density at radius 1 is 0.774 bits per heavy atom. The number of rotatable bonds is 5. The van der Waals surface area contributed by atoms with Crippen molar-refractivity contribution in [3.63, 3.8) is 0 Å². The van der Waals surface area contributed by atoms with Crippen molar-refractivity contribution in [2.75, 3.05) is 0 Å². The molecule has 3 rings (SSSR count). The molecule has 0 saturated carbocycles. The lowest BCUT2D eigenvalue weighted by Gasteiger charge is -2.10. The Morgan fingerprint density at radius 3 is 1.52 bits per heavy atom. The minimum atomic E-state index is -0.761. The Labute approximate surface area is 186 Å². The molecule has 158 valence electrons. The van der Waals surface area contributed by atoms with Gasteiger partial charge in [0.1, 0.15) is 11.5 Å². The fraction of sp³-hybridized carbons (Fsp3) is 0.0909. The van der Waals surface area contributed by atoms with Gasteiger partial charge in [0, 0.05) is 33.3 Å². The molecule has 0 aliphatic rings. The monoisotopic (exact) mass is 459 g/mol. The number of ketones is 2. The van der Waals surface area contributed by atoms with Crippen LogP contribution in [0.15, 0.2) is 42.5 Å². The van der Waals surface area contributed by atoms with Crippen LogP contribution in [0.1, 0.15) is 43.0 Å². The molecule has 0 aromatic heterocycles. The van der Waals surface area contributed by atoms with Crippen LogP contribution in [0.3, 0.4) is 0 Å². The average molecular weight is 460 g/mol. The van der Waals surface area contributed by atoms with E-state index in [1.54, 1.807) is 13.8 Å². The van der Waals surface area contributed by atoms with Crippen LogP contribution in [0.4, 0.5) is 5.69 Å². The third kappa shape index (κ3) is 4.38. The molecule has 0 atom stereocenters. The molecular formula is C22H15Cl2NO6. The molecule has 0 unspecified atom stereocenters. The summed E-state index contributed by atoms with van der Waals surface area (Å²) in [5, 5.41) is 32.1. The normalized spacial score (nSPS) is 10.7. The van der Waals surface area contributed by atoms with Gasteiger partial charge in [0.25, 0.3) is 5.69 Å². The molecule has 0 bridgehead atoms. The van der Waals surface area contributed by atoms with E-state index in [1.807, 2.05) is 0 Å². The molecule has 3 aromatic carbocycles. The fourth-order valence-corrected chi connectivity index (χ4v) is 3.31. The molecule has 0 heterocycles. The summed E-state index contributed by atoms with van der Waals surface area (Å²) in [5.41, 5.74) is -0.179. The van der Waals surface area contributed by atoms with Crippen LogP contribution >= 0.6 is 23.2 Å². The first-order valence-corrected chi connectivity index (χ1v) is 9.62. The first-order chi connectivity index (χ1) is 14.5. The second-order valence-electron chi connectivity index (χ2n) is 6.92. The highest BCUT2D eigenvalue weighted by Crippen LogP contribution is 2.31. The number of phenols is 2. The van der Waals surface area contributed by atoms with Gasteiger partial charge in [-0.05, 0) is 55.3 Å². The minimum absolute atomic E-state index is 0.171. The topological polar surface area (TPSA) is 118 Å². The fourth-order valence-electron chi connectivity index (χ4n) is 2.99. The number of benzene rings is 3. The number of phenolic OH excluding ortho intramolecular Hbond substituents is 2. The number of aryl methyl sites for hydroxylation is 2. The summed E-state index contributed by atoms with van der Waals surface area (Å²) in [6, 6.07) is 8.23. The summed E-state index contributed by atoms with van der Waals surface area (Å²) in [5.74, 6) is -2.23. The van der Waals surface area contributed by atoms with Crippen molar-refractivity contribution in [1.29, 1.82) is 0 Å². The number of non-ortho nitro benzene ring substituents is 1. The highest BCUT2D eigenvalue weighted by atomic mass is 35.5. The number of hydrogen-bond donors (Lipinski definition) is 2. The summed E-state index contributed by atoms with van der Waals surface area (Å²) in [7, 11) is 0. The summed E-state index contributed by atoms with van der Waals surface area (Å²) in [6.45, 7) is 3.28. The quantitative estimate of drug-likeness (QED) is 0.299. The number of nitro groups is 1. The van der Waals surface area contributed by atoms with E-state index >= 15 is 0 Å². The Bertz CT molecular complexity index is 1180. The number of carbonyl (C=O) groups is 2. The van der Waals surface area contributed by atoms with Crippen LogP contribution in [-0.2, 0) is 0 Å². The van der Waals surface area contributed by atoms with Gasteiger partial charge in [0.05, 0.1) is 16.1 Å². The van der Waals surface area contributed by atoms with Crippen LogP contribution in [0.25, 0.3) is 0 Å². The van der Waals surface area contributed by atoms with E-state index in [0.717, 1.165) is 18.2 Å². The summed E-state index contributed by atoms with van der Waals surface area (Å²) < 4.78 is 0. The van der Waals surface area contributed by atoms with E-state index in [4.69, 9.17) is 23.2 Å². The predicted octanol–water partition coefficient (Wildman–Crippen LogP) is 5.39. The lowest BCUT2D eigenvalue weighted by molar-refractivity contribution is -0.384. The van der Waals surface area contributed by atoms with Crippen molar-refractivity contribution in [1.82, 2.24) is 0 Å². The maximum Gasteiger partial charge on any atom is 0.270 e. The molecule has 0 saturated heterocycles. The third-order valence-electron chi connectivity index (χ3n) is 4.70. The van der Waals surface area contributed by atoms with Crippen LogP contribution < -0.4 is 0 Å². The zero-order chi connectivity index (χ0) is 23.0. The van der Waals surface area contributed by atoms with Crippen molar-refractivity contribution in [2.24, 2.45) is 0 Å². The second kappa shape index (κ2) is 8.37. The predicted molar refractivity (Wildman–Crippen MR) is 116 cm³/mol. The smallest absolute Gasteiger partial charge is 0.270 e. The number of hydrogen-bond acceptors (Lipinski definition) is 6. The van der Waals surface area contributed by atoms with Gasteiger partial charge < -0.3 is 10.2 Å². The Balaban J connectivity index is 2.16. The van der Waals surface area contributed by atoms with Gasteiger partial charge in [-0.2, -0.15) is 0 Å². The molecule has 31 heavy (non-hydrogen) atoms. The van der Waals surface area contributed by atoms with Gasteiger partial charge in [-0.25, -0.2) is 0 Å². The molecule has 2 N–H and O–H groups in total. The van der Waals surface area contributed by atoms with Gasteiger partial charge >= 0.3 is 0 Å². The summed E-state index contributed by atoms with van der Waals surface area (Å²) in [6.07, 6.45) is 0. The first-order valence-electron chi connectivity index (χ1n) is 8.86. The van der Waals surface area contributed by atoms with E-state index in [-0.39, 0.29) is 43.8 Å². The molecule has 7 nitrogen and oxygen atoms in total. The molecule has 9 heteroatoms. The molecule has 0 aliphatic carbocycles. The number of halogens is 2. The lowest BCUT2D eigenvalue weighted by Crippen LogP contribution is -2.08. The van der Waals surface area contributed by atoms with Crippen molar-refractivity contribution in [2.45, 2.75) is 13.8 Å². The largest absolute Gasteiger partial charge is 0.507 e. The molecule has 0 fully saturated rings. The second-order valence-corrected chi connectivity index (χ2v) is 7.74. The lowest BCUT2D eigenvalue weighted by atomic mass is 9.95. The number of nitro benzene ring substituents is 1. The van der Waals surface area contributed by atoms with Crippen LogP contribution in [-0.4, -0.2) is 26.7 Å². The van der Waals surface area contributed by atoms with Crippen LogP contribution in [0, 0.1) is 24.0 Å². The maximum absolute atomic E-state index is 13.0. The highest BCUT2D eigenvalue weighted by molar-refractivity contribution is 6.32. The van der Waals surface area contributed by atoms with Gasteiger partial charge in [-0.1, -0.05) is 23.2 Å². The van der Waals surface area contributed by atoms with E-state index in [2.05, 4.69) is 0 Å². The first kappa shape index (κ1) is 22.3. The van der Waals surface area contributed by atoms with Crippen LogP contribution in [0.5, 0.6) is 11.5 Å². The van der Waals surface area contributed by atoms with Crippen LogP contribution in [0.2, 0.25) is 10.0 Å². The molecule has 0 amide bonds.